The maximum absolute atomic E-state index is 13.6. The average Bonchev–Trinajstić information content (AvgIpc) is 3.17. The van der Waals surface area contributed by atoms with Crippen LogP contribution in [0.1, 0.15) is 11.1 Å². The van der Waals surface area contributed by atoms with Gasteiger partial charge in [0.1, 0.15) is 17.4 Å². The van der Waals surface area contributed by atoms with Gasteiger partial charge in [-0.2, -0.15) is 26.3 Å². The monoisotopic (exact) mass is 369 g/mol. The third kappa shape index (κ3) is 2.49. The first-order chi connectivity index (χ1) is 12.2. The van der Waals surface area contributed by atoms with E-state index in [1.807, 2.05) is 0 Å². The topological polar surface area (TPSA) is 34.6 Å². The smallest absolute Gasteiger partial charge is 0.306 e. The first-order valence-electron chi connectivity index (χ1n) is 7.16. The molecule has 0 saturated heterocycles. The molecular formula is C16H7F6N4. The van der Waals surface area contributed by atoms with Crippen LogP contribution in [0.25, 0.3) is 22.6 Å². The molecule has 4 aromatic heterocycles. The first-order valence-corrected chi connectivity index (χ1v) is 7.16. The molecule has 4 aromatic rings. The van der Waals surface area contributed by atoms with E-state index in [1.165, 1.54) is 22.9 Å². The van der Waals surface area contributed by atoms with Gasteiger partial charge in [0.05, 0.1) is 11.3 Å². The fourth-order valence-corrected chi connectivity index (χ4v) is 2.83. The van der Waals surface area contributed by atoms with Crippen molar-refractivity contribution in [1.82, 2.24) is 18.8 Å². The molecule has 10 heteroatoms. The van der Waals surface area contributed by atoms with Gasteiger partial charge in [-0.25, -0.2) is 9.97 Å². The Morgan fingerprint density at radius 3 is 2.27 bits per heavy atom. The number of fused-ring (bicyclic) bond motifs is 2. The van der Waals surface area contributed by atoms with Gasteiger partial charge >= 0.3 is 12.4 Å². The zero-order valence-electron chi connectivity index (χ0n) is 12.6. The number of hydrogen-bond acceptors (Lipinski definition) is 2. The van der Waals surface area contributed by atoms with Crippen LogP contribution in [0.15, 0.2) is 43.0 Å². The molecule has 0 aliphatic rings. The highest BCUT2D eigenvalue weighted by Crippen LogP contribution is 2.46. The molecule has 0 N–H and O–H groups in total. The van der Waals surface area contributed by atoms with E-state index in [1.54, 1.807) is 12.1 Å². The Labute approximate surface area is 141 Å². The number of imidazole rings is 2. The van der Waals surface area contributed by atoms with Crippen LogP contribution in [-0.2, 0) is 12.4 Å². The normalized spacial score (nSPS) is 13.0. The fourth-order valence-electron chi connectivity index (χ4n) is 2.83. The molecule has 0 aromatic carbocycles. The van der Waals surface area contributed by atoms with Crippen molar-refractivity contribution >= 4 is 11.3 Å². The summed E-state index contributed by atoms with van der Waals surface area (Å²) < 4.78 is 83.7. The lowest BCUT2D eigenvalue weighted by atomic mass is 10.0. The van der Waals surface area contributed by atoms with E-state index in [4.69, 9.17) is 0 Å². The van der Waals surface area contributed by atoms with Crippen molar-refractivity contribution in [1.29, 1.82) is 0 Å². The number of nitrogens with zero attached hydrogens (tertiary/aromatic N) is 4. The third-order valence-corrected chi connectivity index (χ3v) is 3.83. The van der Waals surface area contributed by atoms with Crippen molar-refractivity contribution in [2.24, 2.45) is 0 Å². The number of alkyl halides is 6. The molecule has 26 heavy (non-hydrogen) atoms. The lowest BCUT2D eigenvalue weighted by molar-refractivity contribution is -0.161. The second-order valence-corrected chi connectivity index (χ2v) is 5.48. The summed E-state index contributed by atoms with van der Waals surface area (Å²) in [7, 11) is 0. The predicted octanol–water partition coefficient (Wildman–Crippen LogP) is 4.49. The number of pyridine rings is 2. The maximum Gasteiger partial charge on any atom is 0.420 e. The van der Waals surface area contributed by atoms with Crippen LogP contribution in [0.3, 0.4) is 0 Å². The van der Waals surface area contributed by atoms with Gasteiger partial charge in [0, 0.05) is 30.4 Å². The van der Waals surface area contributed by atoms with Gasteiger partial charge < -0.3 is 8.80 Å². The molecule has 4 nitrogen and oxygen atoms in total. The van der Waals surface area contributed by atoms with E-state index in [0.29, 0.717) is 5.65 Å². The minimum absolute atomic E-state index is 0.232. The number of halogens is 6. The largest absolute Gasteiger partial charge is 0.420 e. The van der Waals surface area contributed by atoms with Crippen LogP contribution in [0, 0.1) is 6.20 Å². The Morgan fingerprint density at radius 2 is 1.62 bits per heavy atom. The Balaban J connectivity index is 2.14. The van der Waals surface area contributed by atoms with Gasteiger partial charge in [-0.05, 0) is 12.1 Å². The Bertz CT molecular complexity index is 1090. The van der Waals surface area contributed by atoms with Crippen molar-refractivity contribution in [2.45, 2.75) is 12.4 Å². The van der Waals surface area contributed by atoms with Crippen LogP contribution in [0.5, 0.6) is 0 Å². The van der Waals surface area contributed by atoms with E-state index in [-0.39, 0.29) is 5.69 Å². The molecule has 133 valence electrons. The summed E-state index contributed by atoms with van der Waals surface area (Å²) in [5, 5.41) is 0. The highest BCUT2D eigenvalue weighted by molar-refractivity contribution is 5.72. The number of hydrogen-bond donors (Lipinski definition) is 0. The summed E-state index contributed by atoms with van der Waals surface area (Å²) in [5.74, 6) is 0. The summed E-state index contributed by atoms with van der Waals surface area (Å²) in [5.41, 5.74) is -5.16. The molecule has 0 aliphatic carbocycles. The molecule has 0 spiro atoms. The minimum Gasteiger partial charge on any atom is -0.306 e. The van der Waals surface area contributed by atoms with Crippen molar-refractivity contribution in [3.63, 3.8) is 0 Å². The summed E-state index contributed by atoms with van der Waals surface area (Å²) in [6.07, 6.45) is -3.63. The summed E-state index contributed by atoms with van der Waals surface area (Å²) in [6.45, 7) is 0. The minimum atomic E-state index is -5.26. The van der Waals surface area contributed by atoms with E-state index in [2.05, 4.69) is 16.2 Å². The highest BCUT2D eigenvalue weighted by Gasteiger charge is 2.47. The van der Waals surface area contributed by atoms with Gasteiger partial charge in [-0.3, -0.25) is 0 Å². The Hall–Kier alpha value is -3.04. The SMILES string of the molecule is FC(F)(F)c1c(-c2cn3ccccc3n2)cn2c[c]nc2c1C(F)(F)F. The predicted molar refractivity (Wildman–Crippen MR) is 78.2 cm³/mol. The van der Waals surface area contributed by atoms with Gasteiger partial charge in [-0.1, -0.05) is 6.07 Å². The van der Waals surface area contributed by atoms with E-state index in [0.717, 1.165) is 16.8 Å². The van der Waals surface area contributed by atoms with Crippen molar-refractivity contribution in [2.75, 3.05) is 0 Å². The lowest BCUT2D eigenvalue weighted by Crippen LogP contribution is -2.20. The third-order valence-electron chi connectivity index (χ3n) is 3.83. The second kappa shape index (κ2) is 5.23. The van der Waals surface area contributed by atoms with Crippen LogP contribution in [-0.4, -0.2) is 18.8 Å². The molecule has 4 rings (SSSR count). The maximum atomic E-state index is 13.6. The average molecular weight is 369 g/mol. The van der Waals surface area contributed by atoms with Crippen LogP contribution in [0.2, 0.25) is 0 Å². The van der Waals surface area contributed by atoms with Crippen molar-refractivity contribution in [3.8, 4) is 11.3 Å². The molecule has 0 fully saturated rings. The zero-order chi connectivity index (χ0) is 18.7. The molecule has 0 amide bonds. The molecule has 4 heterocycles. The Kier molecular flexibility index (Phi) is 3.30. The molecule has 0 atom stereocenters. The van der Waals surface area contributed by atoms with E-state index >= 15 is 0 Å². The van der Waals surface area contributed by atoms with E-state index in [9.17, 15) is 26.3 Å². The Morgan fingerprint density at radius 1 is 0.885 bits per heavy atom. The van der Waals surface area contributed by atoms with Crippen molar-refractivity contribution in [3.05, 3.63) is 60.3 Å². The molecule has 0 unspecified atom stereocenters. The summed E-state index contributed by atoms with van der Waals surface area (Å²) in [4.78, 5) is 7.35. The molecule has 0 aliphatic heterocycles. The number of aromatic nitrogens is 4. The molecule has 0 bridgehead atoms. The zero-order valence-corrected chi connectivity index (χ0v) is 12.6. The quantitative estimate of drug-likeness (QED) is 0.464. The number of rotatable bonds is 1. The second-order valence-electron chi connectivity index (χ2n) is 5.48. The lowest BCUT2D eigenvalue weighted by Gasteiger charge is -2.19. The summed E-state index contributed by atoms with van der Waals surface area (Å²) >= 11 is 0. The van der Waals surface area contributed by atoms with Crippen molar-refractivity contribution < 1.29 is 26.3 Å². The molecule has 1 radical (unpaired) electrons. The fraction of sp³-hybridized carbons (Fsp3) is 0.125. The van der Waals surface area contributed by atoms with Crippen LogP contribution >= 0.6 is 0 Å². The van der Waals surface area contributed by atoms with Gasteiger partial charge in [-0.15, -0.1) is 0 Å². The van der Waals surface area contributed by atoms with Crippen LogP contribution in [0.4, 0.5) is 26.3 Å². The highest BCUT2D eigenvalue weighted by atomic mass is 19.4. The molecule has 0 saturated carbocycles. The van der Waals surface area contributed by atoms with Crippen LogP contribution < -0.4 is 0 Å². The van der Waals surface area contributed by atoms with Gasteiger partial charge in [0.25, 0.3) is 0 Å². The van der Waals surface area contributed by atoms with E-state index < -0.39 is 34.7 Å². The standard InChI is InChI=1S/C16H7F6N4/c17-15(18,19)12-9(10-8-25-5-2-1-3-11(25)24-10)7-26-6-4-23-14(26)13(12)16(20,21)22/h1-3,5-8H. The summed E-state index contributed by atoms with van der Waals surface area (Å²) in [6, 6.07) is 4.77. The first kappa shape index (κ1) is 16.4. The van der Waals surface area contributed by atoms with Gasteiger partial charge in [0.2, 0.25) is 0 Å². The molecular weight excluding hydrogens is 362 g/mol. The van der Waals surface area contributed by atoms with Gasteiger partial charge in [0.15, 0.2) is 5.65 Å².